The van der Waals surface area contributed by atoms with Crippen LogP contribution in [0, 0.1) is 0 Å². The molecule has 3 aromatic rings. The summed E-state index contributed by atoms with van der Waals surface area (Å²) in [7, 11) is -3.18. The van der Waals surface area contributed by atoms with Crippen LogP contribution >= 0.6 is 11.6 Å². The van der Waals surface area contributed by atoms with Crippen molar-refractivity contribution in [3.05, 3.63) is 81.9 Å². The van der Waals surface area contributed by atoms with Crippen LogP contribution in [0.15, 0.2) is 59.0 Å². The van der Waals surface area contributed by atoms with E-state index in [9.17, 15) is 21.6 Å². The van der Waals surface area contributed by atoms with Gasteiger partial charge in [0.2, 0.25) is 6.79 Å². The van der Waals surface area contributed by atoms with Gasteiger partial charge in [-0.05, 0) is 97.0 Å². The van der Waals surface area contributed by atoms with Crippen LogP contribution in [0.4, 0.5) is 13.2 Å². The van der Waals surface area contributed by atoms with E-state index in [1.54, 1.807) is 18.2 Å². The van der Waals surface area contributed by atoms with Gasteiger partial charge < -0.3 is 18.4 Å². The molecule has 42 heavy (non-hydrogen) atoms. The Morgan fingerprint density at radius 1 is 1.02 bits per heavy atom. The number of alkyl halides is 4. The highest BCUT2D eigenvalue weighted by atomic mass is 35.5. The second-order valence-electron chi connectivity index (χ2n) is 9.93. The highest BCUT2D eigenvalue weighted by molar-refractivity contribution is 7.87. The summed E-state index contributed by atoms with van der Waals surface area (Å²) in [4.78, 5) is -0.432. The number of allylic oxidation sites excluding steroid dienone is 2. The van der Waals surface area contributed by atoms with Crippen molar-refractivity contribution in [2.45, 2.75) is 49.6 Å². The van der Waals surface area contributed by atoms with Crippen LogP contribution in [-0.4, -0.2) is 27.7 Å². The van der Waals surface area contributed by atoms with Crippen LogP contribution in [0.1, 0.15) is 54.5 Å². The number of aryl methyl sites for hydroxylation is 1. The molecule has 1 atom stereocenters. The third-order valence-electron chi connectivity index (χ3n) is 7.28. The normalized spacial score (nSPS) is 16.9. The zero-order valence-corrected chi connectivity index (χ0v) is 24.6. The van der Waals surface area contributed by atoms with Crippen LogP contribution in [-0.2, 0) is 22.7 Å². The van der Waals surface area contributed by atoms with Crippen LogP contribution in [0.2, 0.25) is 0 Å². The van der Waals surface area contributed by atoms with Crippen LogP contribution in [0.25, 0.3) is 17.7 Å². The van der Waals surface area contributed by atoms with Crippen molar-refractivity contribution in [2.24, 2.45) is 0 Å². The van der Waals surface area contributed by atoms with E-state index < -0.39 is 26.8 Å². The molecular weight excluding hydrogens is 593 g/mol. The summed E-state index contributed by atoms with van der Waals surface area (Å²) in [5.41, 5.74) is 3.77. The predicted octanol–water partition coefficient (Wildman–Crippen LogP) is 8.12. The molecule has 5 rings (SSSR count). The summed E-state index contributed by atoms with van der Waals surface area (Å²) in [5.74, 6) is 1.33. The molecule has 0 fully saturated rings. The summed E-state index contributed by atoms with van der Waals surface area (Å²) in [6.07, 6.45) is 0.936. The van der Waals surface area contributed by atoms with E-state index >= 15 is 0 Å². The summed E-state index contributed by atoms with van der Waals surface area (Å²) in [6.45, 7) is 4.03. The second-order valence-corrected chi connectivity index (χ2v) is 12.0. The predicted molar refractivity (Wildman–Crippen MR) is 155 cm³/mol. The van der Waals surface area contributed by atoms with Gasteiger partial charge in [0.05, 0.1) is 18.1 Å². The van der Waals surface area contributed by atoms with Gasteiger partial charge in [0.15, 0.2) is 23.0 Å². The Kier molecular flexibility index (Phi) is 8.22. The maximum Gasteiger partial charge on any atom is 0.416 e. The molecule has 1 heterocycles. The smallest absolute Gasteiger partial charge is 0.416 e. The number of hydrogen-bond acceptors (Lipinski definition) is 6. The van der Waals surface area contributed by atoms with Crippen molar-refractivity contribution in [1.82, 2.24) is 0 Å². The van der Waals surface area contributed by atoms with Crippen LogP contribution in [0.3, 0.4) is 0 Å². The molecule has 1 aliphatic heterocycles. The first kappa shape index (κ1) is 29.8. The summed E-state index contributed by atoms with van der Waals surface area (Å²) in [6, 6.07) is 10.4. The minimum atomic E-state index is -4.61. The van der Waals surface area contributed by atoms with Crippen molar-refractivity contribution in [3.8, 4) is 23.0 Å². The minimum absolute atomic E-state index is 0.0982. The molecule has 0 amide bonds. The van der Waals surface area contributed by atoms with Crippen molar-refractivity contribution in [3.63, 3.8) is 0 Å². The second kappa shape index (κ2) is 11.6. The van der Waals surface area contributed by atoms with E-state index in [4.69, 9.17) is 30.0 Å². The number of methoxy groups -OCH3 is 1. The molecule has 222 valence electrons. The van der Waals surface area contributed by atoms with Crippen LogP contribution < -0.4 is 18.4 Å². The van der Waals surface area contributed by atoms with Crippen molar-refractivity contribution in [1.29, 1.82) is 0 Å². The maximum atomic E-state index is 13.4. The van der Waals surface area contributed by atoms with Gasteiger partial charge in [-0.25, -0.2) is 0 Å². The number of rotatable bonds is 5. The summed E-state index contributed by atoms with van der Waals surface area (Å²) in [5, 5.41) is -0.384. The maximum absolute atomic E-state index is 13.4. The third-order valence-corrected chi connectivity index (χ3v) is 9.01. The van der Waals surface area contributed by atoms with E-state index in [2.05, 4.69) is 0 Å². The van der Waals surface area contributed by atoms with E-state index in [0.717, 1.165) is 34.4 Å². The fraction of sp³-hybridized carbons (Fsp3) is 0.290. The fourth-order valence-corrected chi connectivity index (χ4v) is 6.30. The quantitative estimate of drug-likeness (QED) is 0.212. The number of hydrogen-bond donors (Lipinski definition) is 0. The van der Waals surface area contributed by atoms with E-state index in [1.165, 1.54) is 7.11 Å². The lowest BCUT2D eigenvalue weighted by atomic mass is 9.94. The minimum Gasteiger partial charge on any atom is -0.493 e. The molecule has 0 N–H and O–H groups in total. The molecule has 6 nitrogen and oxygen atoms in total. The topological polar surface area (TPSA) is 71.1 Å². The molecule has 0 bridgehead atoms. The first-order chi connectivity index (χ1) is 19.9. The first-order valence-electron chi connectivity index (χ1n) is 13.2. The molecule has 11 heteroatoms. The molecule has 0 radical (unpaired) electrons. The Bertz CT molecular complexity index is 1680. The Balaban J connectivity index is 1.67. The molecule has 0 aromatic heterocycles. The Morgan fingerprint density at radius 2 is 1.71 bits per heavy atom. The number of fused-ring (bicyclic) bond motifs is 3. The zero-order valence-electron chi connectivity index (χ0n) is 23.0. The van der Waals surface area contributed by atoms with Gasteiger partial charge in [-0.15, -0.1) is 11.6 Å². The average molecular weight is 621 g/mol. The van der Waals surface area contributed by atoms with E-state index in [0.29, 0.717) is 54.0 Å². The summed E-state index contributed by atoms with van der Waals surface area (Å²) >= 11 is 6.91. The molecule has 1 unspecified atom stereocenters. The molecule has 0 saturated heterocycles. The lowest BCUT2D eigenvalue weighted by Gasteiger charge is -2.18. The molecule has 0 saturated carbocycles. The average Bonchev–Trinajstić information content (AvgIpc) is 3.41. The Labute approximate surface area is 247 Å². The highest BCUT2D eigenvalue weighted by Gasteiger charge is 2.31. The third kappa shape index (κ3) is 5.96. The van der Waals surface area contributed by atoms with Gasteiger partial charge in [-0.1, -0.05) is 24.6 Å². The number of ether oxygens (including phenoxy) is 3. The fourth-order valence-electron chi connectivity index (χ4n) is 5.02. The van der Waals surface area contributed by atoms with Gasteiger partial charge in [0.25, 0.3) is 0 Å². The Morgan fingerprint density at radius 3 is 2.36 bits per heavy atom. The van der Waals surface area contributed by atoms with Crippen molar-refractivity contribution >= 4 is 39.4 Å². The zero-order chi connectivity index (χ0) is 30.2. The standard InChI is InChI=1S/C31H28ClF3O6S/c1-4-19-14-25-20(13-18(2)24-16-29-28(39-17-40-29)15-21(24)5-11-26(19)32)6-12-27(38-3)30(25)41-42(36,37)23-9-7-22(8-10-23)31(33,34)35/h6-10,12-16,26H,4-5,11,17H2,1-3H3. The molecule has 0 spiro atoms. The number of benzene rings is 3. The molecule has 1 aliphatic carbocycles. The lowest BCUT2D eigenvalue weighted by Crippen LogP contribution is -2.13. The van der Waals surface area contributed by atoms with Gasteiger partial charge >= 0.3 is 16.3 Å². The van der Waals surface area contributed by atoms with Gasteiger partial charge in [-0.2, -0.15) is 21.6 Å². The largest absolute Gasteiger partial charge is 0.493 e. The van der Waals surface area contributed by atoms with Gasteiger partial charge in [0.1, 0.15) is 4.90 Å². The van der Waals surface area contributed by atoms with Crippen LogP contribution in [0.5, 0.6) is 23.0 Å². The molecular formula is C31H28ClF3O6S. The first-order valence-corrected chi connectivity index (χ1v) is 15.0. The molecule has 3 aromatic carbocycles. The SMILES string of the molecule is CCC1=Cc2c(ccc(OC)c2OS(=O)(=O)c2ccc(C(F)(F)F)cc2)C=C(C)c2cc3c(cc2CCC1Cl)OCO3. The lowest BCUT2D eigenvalue weighted by molar-refractivity contribution is -0.137. The van der Waals surface area contributed by atoms with Crippen molar-refractivity contribution < 1.29 is 40.0 Å². The van der Waals surface area contributed by atoms with E-state index in [1.807, 2.05) is 32.1 Å². The van der Waals surface area contributed by atoms with Crippen molar-refractivity contribution in [2.75, 3.05) is 13.9 Å². The summed E-state index contributed by atoms with van der Waals surface area (Å²) < 4.78 is 88.3. The molecule has 2 aliphatic rings. The number of halogens is 4. The van der Waals surface area contributed by atoms with Gasteiger partial charge in [-0.3, -0.25) is 0 Å². The monoisotopic (exact) mass is 620 g/mol. The van der Waals surface area contributed by atoms with E-state index in [-0.39, 0.29) is 23.7 Å². The Hall–Kier alpha value is -3.63. The highest BCUT2D eigenvalue weighted by Crippen LogP contribution is 2.43. The van der Waals surface area contributed by atoms with Gasteiger partial charge in [0, 0.05) is 5.56 Å².